The molecule has 1 atom stereocenters. The van der Waals surface area contributed by atoms with Gasteiger partial charge in [0.2, 0.25) is 5.91 Å². The average Bonchev–Trinajstić information content (AvgIpc) is 2.67. The van der Waals surface area contributed by atoms with Crippen LogP contribution in [0.4, 0.5) is 11.5 Å². The number of hydrogen-bond donors (Lipinski definition) is 4. The quantitative estimate of drug-likeness (QED) is 0.504. The Hall–Kier alpha value is -2.91. The van der Waals surface area contributed by atoms with Crippen molar-refractivity contribution in [2.45, 2.75) is 32.5 Å². The minimum atomic E-state index is -0.753. The largest absolute Gasteiger partial charge is 0.383 e. The fourth-order valence-electron chi connectivity index (χ4n) is 2.44. The zero-order valence-electron chi connectivity index (χ0n) is 15.5. The molecule has 0 aliphatic carbocycles. The third-order valence-corrected chi connectivity index (χ3v) is 4.05. The van der Waals surface area contributed by atoms with E-state index in [1.807, 2.05) is 30.3 Å². The van der Waals surface area contributed by atoms with Crippen molar-refractivity contribution in [1.29, 1.82) is 0 Å². The molecular formula is C18H25N5O4. The first-order valence-electron chi connectivity index (χ1n) is 8.68. The molecule has 1 heterocycles. The summed E-state index contributed by atoms with van der Waals surface area (Å²) >= 11 is 0. The van der Waals surface area contributed by atoms with Crippen molar-refractivity contribution in [3.63, 3.8) is 0 Å². The third-order valence-electron chi connectivity index (χ3n) is 4.05. The van der Waals surface area contributed by atoms with Crippen LogP contribution in [0, 0.1) is 0 Å². The molecule has 27 heavy (non-hydrogen) atoms. The molecule has 0 radical (unpaired) electrons. The van der Waals surface area contributed by atoms with Gasteiger partial charge >= 0.3 is 5.69 Å². The predicted molar refractivity (Wildman–Crippen MR) is 104 cm³/mol. The van der Waals surface area contributed by atoms with Crippen molar-refractivity contribution in [3.8, 4) is 0 Å². The van der Waals surface area contributed by atoms with Crippen LogP contribution in [-0.4, -0.2) is 35.2 Å². The molecule has 1 aromatic carbocycles. The highest BCUT2D eigenvalue weighted by atomic mass is 16.5. The Balaban J connectivity index is 2.43. The minimum Gasteiger partial charge on any atom is -0.383 e. The normalized spacial score (nSPS) is 11.8. The average molecular weight is 375 g/mol. The van der Waals surface area contributed by atoms with Crippen molar-refractivity contribution in [3.05, 3.63) is 56.7 Å². The van der Waals surface area contributed by atoms with Crippen LogP contribution in [-0.2, 0) is 22.6 Å². The Labute approximate surface area is 156 Å². The number of amides is 1. The summed E-state index contributed by atoms with van der Waals surface area (Å²) in [6, 6.07) is 8.69. The molecule has 0 fully saturated rings. The molecule has 0 bridgehead atoms. The monoisotopic (exact) mass is 375 g/mol. The molecule has 146 valence electrons. The maximum Gasteiger partial charge on any atom is 0.330 e. The van der Waals surface area contributed by atoms with Gasteiger partial charge in [0.1, 0.15) is 11.5 Å². The number of ether oxygens (including phenoxy) is 1. The first kappa shape index (κ1) is 20.4. The molecule has 0 spiro atoms. The highest BCUT2D eigenvalue weighted by Crippen LogP contribution is 2.17. The molecule has 0 aliphatic heterocycles. The molecule has 2 aromatic rings. The third kappa shape index (κ3) is 5.28. The topological polar surface area (TPSA) is 131 Å². The lowest BCUT2D eigenvalue weighted by Crippen LogP contribution is -2.40. The maximum atomic E-state index is 12.4. The zero-order chi connectivity index (χ0) is 19.8. The second-order valence-corrected chi connectivity index (χ2v) is 5.97. The van der Waals surface area contributed by atoms with E-state index in [1.54, 1.807) is 6.92 Å². The number of rotatable bonds is 9. The summed E-state index contributed by atoms with van der Waals surface area (Å²) in [5.74, 6) is -0.401. The zero-order valence-corrected chi connectivity index (χ0v) is 15.5. The van der Waals surface area contributed by atoms with Gasteiger partial charge in [0.05, 0.1) is 19.2 Å². The van der Waals surface area contributed by atoms with Crippen LogP contribution in [0.3, 0.4) is 0 Å². The second kappa shape index (κ2) is 9.70. The van der Waals surface area contributed by atoms with Gasteiger partial charge in [-0.05, 0) is 12.0 Å². The molecule has 0 saturated heterocycles. The summed E-state index contributed by atoms with van der Waals surface area (Å²) in [6.45, 7) is 2.50. The van der Waals surface area contributed by atoms with Gasteiger partial charge in [0.15, 0.2) is 0 Å². The van der Waals surface area contributed by atoms with Crippen LogP contribution in [0.2, 0.25) is 0 Å². The van der Waals surface area contributed by atoms with Gasteiger partial charge in [-0.1, -0.05) is 37.3 Å². The molecule has 9 heteroatoms. The number of nitrogens with zero attached hydrogens (tertiary/aromatic N) is 1. The van der Waals surface area contributed by atoms with Crippen LogP contribution >= 0.6 is 0 Å². The smallest absolute Gasteiger partial charge is 0.330 e. The van der Waals surface area contributed by atoms with Gasteiger partial charge in [-0.15, -0.1) is 0 Å². The lowest BCUT2D eigenvalue weighted by molar-refractivity contribution is -0.117. The molecule has 0 saturated carbocycles. The number of nitrogens with two attached hydrogens (primary N) is 1. The molecule has 2 rings (SSSR count). The van der Waals surface area contributed by atoms with Gasteiger partial charge < -0.3 is 21.1 Å². The summed E-state index contributed by atoms with van der Waals surface area (Å²) < 4.78 is 6.27. The number of H-pyrrole nitrogens is 1. The SMILES string of the molecule is CC[C@H](N)C(=O)Nc1c(NCc2ccccc2)c(=O)[nH]c(=O)n1CCOC. The van der Waals surface area contributed by atoms with E-state index < -0.39 is 23.2 Å². The Bertz CT molecular complexity index is 876. The first-order chi connectivity index (χ1) is 13.0. The number of methoxy groups -OCH3 is 1. The Morgan fingerprint density at radius 1 is 1.30 bits per heavy atom. The second-order valence-electron chi connectivity index (χ2n) is 5.97. The molecule has 0 unspecified atom stereocenters. The number of carbonyl (C=O) groups is 1. The summed E-state index contributed by atoms with van der Waals surface area (Å²) in [7, 11) is 1.50. The van der Waals surface area contributed by atoms with Crippen molar-refractivity contribution in [1.82, 2.24) is 9.55 Å². The Morgan fingerprint density at radius 3 is 2.63 bits per heavy atom. The van der Waals surface area contributed by atoms with Crippen LogP contribution in [0.5, 0.6) is 0 Å². The van der Waals surface area contributed by atoms with Crippen LogP contribution in [0.1, 0.15) is 18.9 Å². The van der Waals surface area contributed by atoms with E-state index >= 15 is 0 Å². The van der Waals surface area contributed by atoms with Crippen molar-refractivity contribution < 1.29 is 9.53 Å². The van der Waals surface area contributed by atoms with E-state index in [9.17, 15) is 14.4 Å². The van der Waals surface area contributed by atoms with E-state index in [2.05, 4.69) is 15.6 Å². The fourth-order valence-corrected chi connectivity index (χ4v) is 2.44. The fraction of sp³-hybridized carbons (Fsp3) is 0.389. The van der Waals surface area contributed by atoms with E-state index in [0.29, 0.717) is 13.0 Å². The van der Waals surface area contributed by atoms with Crippen molar-refractivity contribution >= 4 is 17.4 Å². The molecule has 5 N–H and O–H groups in total. The number of nitrogens with one attached hydrogen (secondary N) is 3. The van der Waals surface area contributed by atoms with Crippen LogP contribution in [0.25, 0.3) is 0 Å². The predicted octanol–water partition coefficient (Wildman–Crippen LogP) is 0.471. The van der Waals surface area contributed by atoms with Crippen LogP contribution in [0.15, 0.2) is 39.9 Å². The van der Waals surface area contributed by atoms with Gasteiger partial charge in [-0.25, -0.2) is 4.79 Å². The lowest BCUT2D eigenvalue weighted by Gasteiger charge is -2.19. The van der Waals surface area contributed by atoms with E-state index in [1.165, 1.54) is 11.7 Å². The van der Waals surface area contributed by atoms with E-state index in [0.717, 1.165) is 5.56 Å². The molecule has 1 aromatic heterocycles. The Morgan fingerprint density at radius 2 is 2.00 bits per heavy atom. The first-order valence-corrected chi connectivity index (χ1v) is 8.68. The Kier molecular flexibility index (Phi) is 7.33. The standard InChI is InChI=1S/C18H25N5O4/c1-3-13(19)16(24)21-15-14(20-11-12-7-5-4-6-8-12)17(25)22-18(26)23(15)9-10-27-2/h4-8,13,20H,3,9-11,19H2,1-2H3,(H,21,24)(H,22,25,26)/t13-/m0/s1. The maximum absolute atomic E-state index is 12.4. The summed E-state index contributed by atoms with van der Waals surface area (Å²) in [5, 5.41) is 5.62. The summed E-state index contributed by atoms with van der Waals surface area (Å²) in [6.07, 6.45) is 0.421. The number of aromatic amines is 1. The van der Waals surface area contributed by atoms with E-state index in [4.69, 9.17) is 10.5 Å². The number of aromatic nitrogens is 2. The summed E-state index contributed by atoms with van der Waals surface area (Å²) in [5.41, 5.74) is 5.55. The van der Waals surface area contributed by atoms with Crippen molar-refractivity contribution in [2.75, 3.05) is 24.4 Å². The van der Waals surface area contributed by atoms with E-state index in [-0.39, 0.29) is 24.7 Å². The molecule has 9 nitrogen and oxygen atoms in total. The lowest BCUT2D eigenvalue weighted by atomic mass is 10.2. The van der Waals surface area contributed by atoms with Gasteiger partial charge in [0, 0.05) is 13.7 Å². The molecular weight excluding hydrogens is 350 g/mol. The number of carbonyl (C=O) groups excluding carboxylic acids is 1. The summed E-state index contributed by atoms with van der Waals surface area (Å²) in [4.78, 5) is 39.2. The molecule has 0 aliphatic rings. The molecule has 1 amide bonds. The highest BCUT2D eigenvalue weighted by Gasteiger charge is 2.20. The number of anilines is 2. The van der Waals surface area contributed by atoms with Crippen molar-refractivity contribution in [2.24, 2.45) is 5.73 Å². The minimum absolute atomic E-state index is 0.0747. The highest BCUT2D eigenvalue weighted by molar-refractivity contribution is 5.96. The number of hydrogen-bond acceptors (Lipinski definition) is 6. The van der Waals surface area contributed by atoms with Crippen LogP contribution < -0.4 is 27.6 Å². The number of benzene rings is 1. The van der Waals surface area contributed by atoms with Gasteiger partial charge in [-0.2, -0.15) is 0 Å². The van der Waals surface area contributed by atoms with Gasteiger partial charge in [-0.3, -0.25) is 19.1 Å². The van der Waals surface area contributed by atoms with Gasteiger partial charge in [0.25, 0.3) is 5.56 Å².